The highest BCUT2D eigenvalue weighted by Gasteiger charge is 2.31. The molecular weight excluding hydrogens is 310 g/mol. The molecule has 1 atom stereocenters. The summed E-state index contributed by atoms with van der Waals surface area (Å²) in [5.41, 5.74) is 4.93. The van der Waals surface area contributed by atoms with Gasteiger partial charge >= 0.3 is 6.18 Å². The van der Waals surface area contributed by atoms with E-state index in [1.54, 1.807) is 0 Å². The van der Waals surface area contributed by atoms with E-state index in [1.807, 2.05) is 0 Å². The molecule has 0 unspecified atom stereocenters. The van der Waals surface area contributed by atoms with Gasteiger partial charge in [-0.25, -0.2) is 0 Å². The second kappa shape index (κ2) is 5.86. The Kier molecular flexibility index (Phi) is 5.75. The van der Waals surface area contributed by atoms with Gasteiger partial charge in [-0.3, -0.25) is 0 Å². The molecule has 0 amide bonds. The minimum atomic E-state index is -4.40. The summed E-state index contributed by atoms with van der Waals surface area (Å²) < 4.78 is 37.5. The Morgan fingerprint density at radius 3 is 2.38 bits per heavy atom. The summed E-state index contributed by atoms with van der Waals surface area (Å²) in [4.78, 5) is 0. The smallest absolute Gasteiger partial charge is 0.394 e. The van der Waals surface area contributed by atoms with E-state index in [0.717, 1.165) is 12.1 Å². The molecular formula is C9H10BrClF3NO. The van der Waals surface area contributed by atoms with E-state index >= 15 is 0 Å². The Labute approximate surface area is 105 Å². The first kappa shape index (κ1) is 15.7. The van der Waals surface area contributed by atoms with Crippen molar-refractivity contribution in [3.63, 3.8) is 0 Å². The van der Waals surface area contributed by atoms with Crippen LogP contribution in [0, 0.1) is 0 Å². The highest BCUT2D eigenvalue weighted by Crippen LogP contribution is 2.33. The first-order chi connectivity index (χ1) is 6.86. The maximum atomic E-state index is 12.3. The van der Waals surface area contributed by atoms with E-state index in [4.69, 9.17) is 10.8 Å². The minimum absolute atomic E-state index is 0. The highest BCUT2D eigenvalue weighted by atomic mass is 79.9. The number of alkyl halides is 3. The minimum Gasteiger partial charge on any atom is -0.394 e. The van der Waals surface area contributed by atoms with Gasteiger partial charge in [0.15, 0.2) is 0 Å². The van der Waals surface area contributed by atoms with Crippen molar-refractivity contribution >= 4 is 28.3 Å². The van der Waals surface area contributed by atoms with Crippen molar-refractivity contribution in [2.24, 2.45) is 5.73 Å². The van der Waals surface area contributed by atoms with E-state index in [-0.39, 0.29) is 18.0 Å². The summed E-state index contributed by atoms with van der Waals surface area (Å²) in [6, 6.07) is 2.35. The molecule has 0 saturated heterocycles. The van der Waals surface area contributed by atoms with E-state index in [1.165, 1.54) is 6.07 Å². The molecule has 1 rings (SSSR count). The van der Waals surface area contributed by atoms with Crippen molar-refractivity contribution in [2.45, 2.75) is 12.2 Å². The zero-order chi connectivity index (χ0) is 11.6. The van der Waals surface area contributed by atoms with Crippen LogP contribution in [-0.2, 0) is 6.18 Å². The Morgan fingerprint density at radius 2 is 1.94 bits per heavy atom. The summed E-state index contributed by atoms with van der Waals surface area (Å²) in [7, 11) is 0. The van der Waals surface area contributed by atoms with Crippen LogP contribution in [0.15, 0.2) is 22.7 Å². The van der Waals surface area contributed by atoms with Gasteiger partial charge in [0.05, 0.1) is 18.2 Å². The number of benzene rings is 1. The Bertz CT molecular complexity index is 359. The molecule has 7 heteroatoms. The Balaban J connectivity index is 0.00000225. The van der Waals surface area contributed by atoms with Crippen LogP contribution in [0.25, 0.3) is 0 Å². The predicted octanol–water partition coefficient (Wildman–Crippen LogP) is 2.88. The molecule has 0 aromatic heterocycles. The molecule has 0 bridgehead atoms. The van der Waals surface area contributed by atoms with Gasteiger partial charge in [-0.05, 0) is 23.8 Å². The van der Waals surface area contributed by atoms with Gasteiger partial charge in [0.2, 0.25) is 0 Å². The lowest BCUT2D eigenvalue weighted by Crippen LogP contribution is -2.16. The summed E-state index contributed by atoms with van der Waals surface area (Å²) in [5, 5.41) is 8.78. The molecule has 0 aliphatic carbocycles. The van der Waals surface area contributed by atoms with Crippen LogP contribution < -0.4 is 5.73 Å². The lowest BCUT2D eigenvalue weighted by Gasteiger charge is -2.14. The van der Waals surface area contributed by atoms with Crippen LogP contribution in [-0.4, -0.2) is 11.7 Å². The topological polar surface area (TPSA) is 46.2 Å². The lowest BCUT2D eigenvalue weighted by molar-refractivity contribution is -0.137. The Hall–Kier alpha value is -0.300. The molecule has 3 N–H and O–H groups in total. The average molecular weight is 321 g/mol. The van der Waals surface area contributed by atoms with Crippen molar-refractivity contribution < 1.29 is 18.3 Å². The molecule has 0 spiro atoms. The number of rotatable bonds is 2. The van der Waals surface area contributed by atoms with E-state index < -0.39 is 24.4 Å². The summed E-state index contributed by atoms with van der Waals surface area (Å²) in [6.45, 7) is -0.403. The molecule has 1 aromatic carbocycles. The third-order valence-electron chi connectivity index (χ3n) is 1.92. The number of aliphatic hydroxyl groups is 1. The fourth-order valence-electron chi connectivity index (χ4n) is 1.10. The maximum absolute atomic E-state index is 12.3. The van der Waals surface area contributed by atoms with Gasteiger partial charge in [-0.15, -0.1) is 12.4 Å². The van der Waals surface area contributed by atoms with E-state index in [2.05, 4.69) is 15.9 Å². The largest absolute Gasteiger partial charge is 0.416 e. The van der Waals surface area contributed by atoms with Crippen molar-refractivity contribution in [1.29, 1.82) is 0 Å². The third-order valence-corrected chi connectivity index (χ3v) is 2.64. The first-order valence-electron chi connectivity index (χ1n) is 4.09. The number of aliphatic hydroxyl groups excluding tert-OH is 1. The molecule has 0 fully saturated rings. The monoisotopic (exact) mass is 319 g/mol. The zero-order valence-corrected chi connectivity index (χ0v) is 10.4. The van der Waals surface area contributed by atoms with E-state index in [0.29, 0.717) is 4.47 Å². The molecule has 92 valence electrons. The van der Waals surface area contributed by atoms with Crippen LogP contribution in [0.1, 0.15) is 17.2 Å². The van der Waals surface area contributed by atoms with Crippen LogP contribution in [0.2, 0.25) is 0 Å². The quantitative estimate of drug-likeness (QED) is 0.880. The second-order valence-corrected chi connectivity index (χ2v) is 3.88. The van der Waals surface area contributed by atoms with Crippen LogP contribution in [0.5, 0.6) is 0 Å². The van der Waals surface area contributed by atoms with Gasteiger partial charge in [0.1, 0.15) is 0 Å². The molecule has 0 heterocycles. The second-order valence-electron chi connectivity index (χ2n) is 3.02. The van der Waals surface area contributed by atoms with Gasteiger partial charge < -0.3 is 10.8 Å². The first-order valence-corrected chi connectivity index (χ1v) is 4.88. The number of hydrogen-bond donors (Lipinski definition) is 2. The summed E-state index contributed by atoms with van der Waals surface area (Å²) >= 11 is 3.08. The van der Waals surface area contributed by atoms with Crippen LogP contribution in [0.4, 0.5) is 13.2 Å². The summed E-state index contributed by atoms with van der Waals surface area (Å²) in [6.07, 6.45) is -4.40. The van der Waals surface area contributed by atoms with Gasteiger partial charge in [-0.2, -0.15) is 13.2 Å². The zero-order valence-electron chi connectivity index (χ0n) is 7.96. The van der Waals surface area contributed by atoms with E-state index in [9.17, 15) is 13.2 Å². The fraction of sp³-hybridized carbons (Fsp3) is 0.333. The molecule has 1 aromatic rings. The van der Waals surface area contributed by atoms with Crippen molar-refractivity contribution in [2.75, 3.05) is 6.61 Å². The molecule has 0 radical (unpaired) electrons. The number of nitrogens with two attached hydrogens (primary N) is 1. The molecule has 2 nitrogen and oxygen atoms in total. The van der Waals surface area contributed by atoms with Gasteiger partial charge in [-0.1, -0.05) is 15.9 Å². The number of hydrogen-bond acceptors (Lipinski definition) is 2. The van der Waals surface area contributed by atoms with Gasteiger partial charge in [0, 0.05) is 4.47 Å². The molecule has 0 saturated carbocycles. The summed E-state index contributed by atoms with van der Waals surface area (Å²) in [5.74, 6) is 0. The lowest BCUT2D eigenvalue weighted by atomic mass is 10.1. The van der Waals surface area contributed by atoms with Crippen LogP contribution in [0.3, 0.4) is 0 Å². The van der Waals surface area contributed by atoms with Crippen LogP contribution >= 0.6 is 28.3 Å². The SMILES string of the molecule is Cl.N[C@H](CO)c1cc(C(F)(F)F)ccc1Br. The van der Waals surface area contributed by atoms with Crippen molar-refractivity contribution in [3.05, 3.63) is 33.8 Å². The maximum Gasteiger partial charge on any atom is 0.416 e. The number of halogens is 5. The molecule has 16 heavy (non-hydrogen) atoms. The molecule has 0 aliphatic rings. The van der Waals surface area contributed by atoms with Crippen molar-refractivity contribution in [3.8, 4) is 0 Å². The van der Waals surface area contributed by atoms with Gasteiger partial charge in [0.25, 0.3) is 0 Å². The average Bonchev–Trinajstić information content (AvgIpc) is 2.15. The normalized spacial score (nSPS) is 13.1. The van der Waals surface area contributed by atoms with Crippen molar-refractivity contribution in [1.82, 2.24) is 0 Å². The fourth-order valence-corrected chi connectivity index (χ4v) is 1.64. The molecule has 0 aliphatic heterocycles. The third kappa shape index (κ3) is 3.62. The Morgan fingerprint density at radius 1 is 1.38 bits per heavy atom. The standard InChI is InChI=1S/C9H9BrF3NO.ClH/c10-7-2-1-5(9(11,12)13)3-6(7)8(14)4-15;/h1-3,8,15H,4,14H2;1H/t8-;/m1./s1. The predicted molar refractivity (Wildman–Crippen MR) is 60.4 cm³/mol. The highest BCUT2D eigenvalue weighted by molar-refractivity contribution is 9.10.